The highest BCUT2D eigenvalue weighted by Crippen LogP contribution is 2.20. The van der Waals surface area contributed by atoms with Crippen LogP contribution in [0.5, 0.6) is 0 Å². The first kappa shape index (κ1) is 15.5. The molecular weight excluding hydrogens is 343 g/mol. The van der Waals surface area contributed by atoms with Crippen molar-refractivity contribution in [1.82, 2.24) is 4.90 Å². The highest BCUT2D eigenvalue weighted by Gasteiger charge is 2.19. The number of anilines is 1. The molecule has 2 aromatic carbocycles. The molecule has 1 heterocycles. The van der Waals surface area contributed by atoms with Gasteiger partial charge in [0, 0.05) is 38.1 Å². The number of alkyl halides is 1. The molecule has 0 aromatic heterocycles. The summed E-state index contributed by atoms with van der Waals surface area (Å²) in [7, 11) is 0. The van der Waals surface area contributed by atoms with Gasteiger partial charge in [-0.1, -0.05) is 52.3 Å². The van der Waals surface area contributed by atoms with E-state index in [2.05, 4.69) is 50.0 Å². The predicted molar refractivity (Wildman–Crippen MR) is 93.0 cm³/mol. The quantitative estimate of drug-likeness (QED) is 0.757. The van der Waals surface area contributed by atoms with Crippen molar-refractivity contribution in [3.8, 4) is 0 Å². The minimum Gasteiger partial charge on any atom is -0.367 e. The Kier molecular flexibility index (Phi) is 5.11. The molecule has 1 fully saturated rings. The Balaban J connectivity index is 1.56. The fourth-order valence-electron chi connectivity index (χ4n) is 2.85. The van der Waals surface area contributed by atoms with Gasteiger partial charge in [-0.15, -0.1) is 0 Å². The van der Waals surface area contributed by atoms with E-state index in [4.69, 9.17) is 0 Å². The van der Waals surface area contributed by atoms with Crippen LogP contribution in [-0.2, 0) is 11.9 Å². The summed E-state index contributed by atoms with van der Waals surface area (Å²) in [6.45, 7) is 4.65. The Morgan fingerprint density at radius 2 is 1.50 bits per heavy atom. The lowest BCUT2D eigenvalue weighted by Crippen LogP contribution is -2.46. The number of hydrogen-bond donors (Lipinski definition) is 0. The van der Waals surface area contributed by atoms with Crippen molar-refractivity contribution < 1.29 is 4.39 Å². The number of para-hydroxylation sites is 1. The molecule has 0 atom stereocenters. The molecule has 0 spiro atoms. The lowest BCUT2D eigenvalue weighted by atomic mass is 10.1. The fourth-order valence-corrected chi connectivity index (χ4v) is 3.22. The van der Waals surface area contributed by atoms with Crippen LogP contribution in [0.2, 0.25) is 0 Å². The van der Waals surface area contributed by atoms with Gasteiger partial charge in [-0.2, -0.15) is 0 Å². The molecule has 0 radical (unpaired) electrons. The van der Waals surface area contributed by atoms with E-state index in [0.717, 1.165) is 43.7 Å². The van der Waals surface area contributed by atoms with E-state index in [0.29, 0.717) is 0 Å². The van der Waals surface area contributed by atoms with Gasteiger partial charge < -0.3 is 4.90 Å². The Hall–Kier alpha value is -1.39. The molecule has 0 amide bonds. The summed E-state index contributed by atoms with van der Waals surface area (Å²) >= 11 is 3.47. The van der Waals surface area contributed by atoms with Crippen molar-refractivity contribution in [2.45, 2.75) is 11.9 Å². The zero-order valence-corrected chi connectivity index (χ0v) is 14.1. The molecule has 0 N–H and O–H groups in total. The normalized spacial score (nSPS) is 16.0. The Bertz CT molecular complexity index is 607. The second-order valence-electron chi connectivity index (χ2n) is 5.66. The molecule has 1 aliphatic rings. The molecule has 1 aliphatic heterocycles. The molecule has 0 bridgehead atoms. The molecule has 3 rings (SSSR count). The van der Waals surface area contributed by atoms with Crippen LogP contribution in [0.25, 0.3) is 0 Å². The van der Waals surface area contributed by atoms with Gasteiger partial charge in [0.2, 0.25) is 0 Å². The number of piperazine rings is 1. The Morgan fingerprint density at radius 3 is 2.14 bits per heavy atom. The zero-order valence-electron chi connectivity index (χ0n) is 12.5. The van der Waals surface area contributed by atoms with Crippen LogP contribution >= 0.6 is 15.9 Å². The summed E-state index contributed by atoms with van der Waals surface area (Å²) in [6, 6.07) is 15.8. The molecule has 2 aromatic rings. The van der Waals surface area contributed by atoms with E-state index in [1.807, 2.05) is 12.1 Å². The molecule has 0 aliphatic carbocycles. The number of rotatable bonds is 4. The molecule has 116 valence electrons. The standard InChI is InChI=1S/C18H20BrFN2/c19-13-15-5-7-16(8-6-15)14-21-9-11-22(12-10-21)18-4-2-1-3-17(18)20/h1-8H,9-14H2. The van der Waals surface area contributed by atoms with Crippen LogP contribution in [0.15, 0.2) is 48.5 Å². The molecule has 22 heavy (non-hydrogen) atoms. The van der Waals surface area contributed by atoms with Crippen molar-refractivity contribution in [2.24, 2.45) is 0 Å². The first-order valence-electron chi connectivity index (χ1n) is 7.62. The smallest absolute Gasteiger partial charge is 0.146 e. The van der Waals surface area contributed by atoms with Crippen LogP contribution in [0.3, 0.4) is 0 Å². The maximum Gasteiger partial charge on any atom is 0.146 e. The lowest BCUT2D eigenvalue weighted by molar-refractivity contribution is 0.249. The maximum absolute atomic E-state index is 13.8. The van der Waals surface area contributed by atoms with Gasteiger partial charge in [-0.25, -0.2) is 4.39 Å². The fraction of sp³-hybridized carbons (Fsp3) is 0.333. The monoisotopic (exact) mass is 362 g/mol. The van der Waals surface area contributed by atoms with Gasteiger partial charge in [-0.05, 0) is 23.3 Å². The summed E-state index contributed by atoms with van der Waals surface area (Å²) in [5.41, 5.74) is 3.36. The van der Waals surface area contributed by atoms with Crippen molar-refractivity contribution >= 4 is 21.6 Å². The van der Waals surface area contributed by atoms with Crippen LogP contribution in [-0.4, -0.2) is 31.1 Å². The highest BCUT2D eigenvalue weighted by molar-refractivity contribution is 9.08. The molecule has 1 saturated heterocycles. The van der Waals surface area contributed by atoms with Crippen LogP contribution in [0.4, 0.5) is 10.1 Å². The van der Waals surface area contributed by atoms with Gasteiger partial charge in [0.15, 0.2) is 0 Å². The average molecular weight is 363 g/mol. The average Bonchev–Trinajstić information content (AvgIpc) is 2.57. The summed E-state index contributed by atoms with van der Waals surface area (Å²) in [4.78, 5) is 4.57. The van der Waals surface area contributed by atoms with E-state index in [9.17, 15) is 4.39 Å². The predicted octanol–water partition coefficient (Wildman–Crippen LogP) is 4.04. The second kappa shape index (κ2) is 7.25. The van der Waals surface area contributed by atoms with Gasteiger partial charge in [-0.3, -0.25) is 4.90 Å². The Morgan fingerprint density at radius 1 is 0.864 bits per heavy atom. The number of nitrogens with zero attached hydrogens (tertiary/aromatic N) is 2. The first-order chi connectivity index (χ1) is 10.8. The van der Waals surface area contributed by atoms with E-state index in [1.165, 1.54) is 17.2 Å². The highest BCUT2D eigenvalue weighted by atomic mass is 79.9. The summed E-state index contributed by atoms with van der Waals surface area (Å²) in [5, 5.41) is 0.897. The minimum atomic E-state index is -0.124. The SMILES string of the molecule is Fc1ccccc1N1CCN(Cc2ccc(CBr)cc2)CC1. The molecule has 4 heteroatoms. The van der Waals surface area contributed by atoms with E-state index in [1.54, 1.807) is 6.07 Å². The van der Waals surface area contributed by atoms with Crippen LogP contribution in [0.1, 0.15) is 11.1 Å². The van der Waals surface area contributed by atoms with E-state index < -0.39 is 0 Å². The molecule has 2 nitrogen and oxygen atoms in total. The second-order valence-corrected chi connectivity index (χ2v) is 6.23. The number of benzene rings is 2. The van der Waals surface area contributed by atoms with E-state index in [-0.39, 0.29) is 5.82 Å². The van der Waals surface area contributed by atoms with Crippen molar-refractivity contribution in [3.05, 3.63) is 65.5 Å². The van der Waals surface area contributed by atoms with Crippen LogP contribution in [0, 0.1) is 5.82 Å². The third-order valence-corrected chi connectivity index (χ3v) is 4.80. The van der Waals surface area contributed by atoms with Gasteiger partial charge in [0.05, 0.1) is 5.69 Å². The van der Waals surface area contributed by atoms with Crippen LogP contribution < -0.4 is 4.90 Å². The third-order valence-electron chi connectivity index (χ3n) is 4.15. The number of hydrogen-bond acceptors (Lipinski definition) is 2. The topological polar surface area (TPSA) is 6.48 Å². The van der Waals surface area contributed by atoms with Crippen molar-refractivity contribution in [2.75, 3.05) is 31.1 Å². The van der Waals surface area contributed by atoms with E-state index >= 15 is 0 Å². The number of halogens is 2. The van der Waals surface area contributed by atoms with Crippen molar-refractivity contribution in [3.63, 3.8) is 0 Å². The first-order valence-corrected chi connectivity index (χ1v) is 8.74. The molecular formula is C18H20BrFN2. The lowest BCUT2D eigenvalue weighted by Gasteiger charge is -2.36. The third kappa shape index (κ3) is 3.68. The summed E-state index contributed by atoms with van der Waals surface area (Å²) in [5.74, 6) is -0.124. The zero-order chi connectivity index (χ0) is 15.4. The van der Waals surface area contributed by atoms with Gasteiger partial charge in [0.1, 0.15) is 5.82 Å². The van der Waals surface area contributed by atoms with Gasteiger partial charge in [0.25, 0.3) is 0 Å². The minimum absolute atomic E-state index is 0.124. The summed E-state index contributed by atoms with van der Waals surface area (Å²) < 4.78 is 13.8. The molecule has 0 unspecified atom stereocenters. The maximum atomic E-state index is 13.8. The van der Waals surface area contributed by atoms with Crippen molar-refractivity contribution in [1.29, 1.82) is 0 Å². The molecule has 0 saturated carbocycles. The van der Waals surface area contributed by atoms with Gasteiger partial charge >= 0.3 is 0 Å². The Labute approximate surface area is 139 Å². The summed E-state index contributed by atoms with van der Waals surface area (Å²) in [6.07, 6.45) is 0. The largest absolute Gasteiger partial charge is 0.367 e.